The van der Waals surface area contributed by atoms with Gasteiger partial charge in [-0.25, -0.2) is 4.79 Å². The van der Waals surface area contributed by atoms with E-state index in [4.69, 9.17) is 21.1 Å². The van der Waals surface area contributed by atoms with Crippen molar-refractivity contribution in [1.29, 1.82) is 0 Å². The lowest BCUT2D eigenvalue weighted by molar-refractivity contribution is 0.0520. The smallest absolute Gasteiger partial charge is 0.354 e. The molecule has 0 aliphatic heterocycles. The summed E-state index contributed by atoms with van der Waals surface area (Å²) in [6, 6.07) is 5.15. The van der Waals surface area contributed by atoms with Crippen LogP contribution in [0.1, 0.15) is 17.4 Å². The van der Waals surface area contributed by atoms with Gasteiger partial charge < -0.3 is 14.5 Å². The maximum Gasteiger partial charge on any atom is 0.354 e. The third kappa shape index (κ3) is 2.08. The van der Waals surface area contributed by atoms with Crippen molar-refractivity contribution in [2.24, 2.45) is 0 Å². The van der Waals surface area contributed by atoms with Gasteiger partial charge in [-0.3, -0.25) is 0 Å². The van der Waals surface area contributed by atoms with E-state index in [1.807, 2.05) is 0 Å². The van der Waals surface area contributed by atoms with Crippen LogP contribution in [-0.4, -0.2) is 24.7 Å². The van der Waals surface area contributed by atoms with Crippen LogP contribution in [0.4, 0.5) is 0 Å². The second-order valence-electron chi connectivity index (χ2n) is 3.44. The zero-order valence-electron chi connectivity index (χ0n) is 9.54. The minimum Gasteiger partial charge on any atom is -0.496 e. The van der Waals surface area contributed by atoms with Crippen molar-refractivity contribution < 1.29 is 14.3 Å². The maximum atomic E-state index is 11.6. The number of ether oxygens (including phenoxy) is 2. The van der Waals surface area contributed by atoms with Crippen LogP contribution in [0.25, 0.3) is 10.9 Å². The summed E-state index contributed by atoms with van der Waals surface area (Å²) in [7, 11) is 1.57. The maximum absolute atomic E-state index is 11.6. The molecule has 1 aromatic carbocycles. The first-order valence-corrected chi connectivity index (χ1v) is 5.57. The number of rotatable bonds is 3. The molecule has 1 heterocycles. The highest BCUT2D eigenvalue weighted by Gasteiger charge is 2.14. The van der Waals surface area contributed by atoms with Gasteiger partial charge in [0, 0.05) is 5.39 Å². The summed E-state index contributed by atoms with van der Waals surface area (Å²) in [6.07, 6.45) is 0. The van der Waals surface area contributed by atoms with E-state index in [0.717, 1.165) is 5.39 Å². The van der Waals surface area contributed by atoms with Crippen LogP contribution in [-0.2, 0) is 4.74 Å². The summed E-state index contributed by atoms with van der Waals surface area (Å²) < 4.78 is 10.1. The van der Waals surface area contributed by atoms with E-state index < -0.39 is 5.97 Å². The number of nitrogens with one attached hydrogen (secondary N) is 1. The Morgan fingerprint density at radius 2 is 2.24 bits per heavy atom. The van der Waals surface area contributed by atoms with Gasteiger partial charge in [-0.05, 0) is 25.1 Å². The normalized spacial score (nSPS) is 10.5. The highest BCUT2D eigenvalue weighted by molar-refractivity contribution is 6.35. The summed E-state index contributed by atoms with van der Waals surface area (Å²) in [6.45, 7) is 2.09. The molecule has 0 spiro atoms. The molecule has 0 atom stereocenters. The molecule has 2 aromatic rings. The van der Waals surface area contributed by atoms with Gasteiger partial charge in [-0.2, -0.15) is 0 Å². The van der Waals surface area contributed by atoms with Crippen LogP contribution in [0.3, 0.4) is 0 Å². The first kappa shape index (κ1) is 11.8. The van der Waals surface area contributed by atoms with Gasteiger partial charge in [0.15, 0.2) is 0 Å². The van der Waals surface area contributed by atoms with Gasteiger partial charge >= 0.3 is 5.97 Å². The van der Waals surface area contributed by atoms with E-state index in [-0.39, 0.29) is 0 Å². The van der Waals surface area contributed by atoms with Gasteiger partial charge in [0.1, 0.15) is 11.4 Å². The van der Waals surface area contributed by atoms with Gasteiger partial charge in [0.25, 0.3) is 0 Å². The number of benzene rings is 1. The van der Waals surface area contributed by atoms with Crippen LogP contribution >= 0.6 is 11.6 Å². The van der Waals surface area contributed by atoms with E-state index >= 15 is 0 Å². The Kier molecular flexibility index (Phi) is 3.24. The highest BCUT2D eigenvalue weighted by Crippen LogP contribution is 2.31. The molecule has 4 nitrogen and oxygen atoms in total. The Morgan fingerprint density at radius 3 is 2.88 bits per heavy atom. The Hall–Kier alpha value is -1.68. The van der Waals surface area contributed by atoms with Gasteiger partial charge in [0.05, 0.1) is 24.3 Å². The molecule has 0 saturated carbocycles. The van der Waals surface area contributed by atoms with Crippen molar-refractivity contribution in [3.05, 3.63) is 28.9 Å². The lowest BCUT2D eigenvalue weighted by atomic mass is 10.2. The molecule has 0 aliphatic carbocycles. The Bertz CT molecular complexity index is 562. The SMILES string of the molecule is CCOC(=O)c1cc2c(OC)ccc(Cl)c2[nH]1. The molecule has 2 rings (SSSR count). The fourth-order valence-electron chi connectivity index (χ4n) is 1.66. The van der Waals surface area contributed by atoms with Crippen LogP contribution in [0.15, 0.2) is 18.2 Å². The molecular formula is C12H12ClNO3. The molecular weight excluding hydrogens is 242 g/mol. The molecule has 0 aliphatic rings. The number of carbonyl (C=O) groups is 1. The first-order chi connectivity index (χ1) is 8.17. The lowest BCUT2D eigenvalue weighted by Crippen LogP contribution is -2.04. The molecule has 0 amide bonds. The Balaban J connectivity index is 2.56. The number of carbonyl (C=O) groups excluding carboxylic acids is 1. The number of methoxy groups -OCH3 is 1. The zero-order valence-corrected chi connectivity index (χ0v) is 10.3. The van der Waals surface area contributed by atoms with E-state index in [1.165, 1.54) is 0 Å². The monoisotopic (exact) mass is 253 g/mol. The van der Waals surface area contributed by atoms with Crippen LogP contribution < -0.4 is 4.74 Å². The molecule has 0 bridgehead atoms. The average Bonchev–Trinajstić information content (AvgIpc) is 2.76. The molecule has 0 unspecified atom stereocenters. The predicted molar refractivity (Wildman–Crippen MR) is 65.8 cm³/mol. The molecule has 0 radical (unpaired) electrons. The molecule has 0 fully saturated rings. The fourth-order valence-corrected chi connectivity index (χ4v) is 1.87. The fraction of sp³-hybridized carbons (Fsp3) is 0.250. The summed E-state index contributed by atoms with van der Waals surface area (Å²) in [5.74, 6) is 0.262. The molecule has 90 valence electrons. The quantitative estimate of drug-likeness (QED) is 0.856. The zero-order chi connectivity index (χ0) is 12.4. The van der Waals surface area contributed by atoms with Gasteiger partial charge in [-0.1, -0.05) is 11.6 Å². The number of hydrogen-bond acceptors (Lipinski definition) is 3. The first-order valence-electron chi connectivity index (χ1n) is 5.19. The standard InChI is InChI=1S/C12H12ClNO3/c1-3-17-12(15)9-6-7-10(16-2)5-4-8(13)11(7)14-9/h4-6,14H,3H2,1-2H3. The molecule has 1 N–H and O–H groups in total. The van der Waals surface area contributed by atoms with Crippen molar-refractivity contribution in [2.45, 2.75) is 6.92 Å². The van der Waals surface area contributed by atoms with Gasteiger partial charge in [0.2, 0.25) is 0 Å². The largest absolute Gasteiger partial charge is 0.496 e. The molecule has 17 heavy (non-hydrogen) atoms. The Labute approximate surface area is 103 Å². The molecule has 0 saturated heterocycles. The van der Waals surface area contributed by atoms with Gasteiger partial charge in [-0.15, -0.1) is 0 Å². The summed E-state index contributed by atoms with van der Waals surface area (Å²) in [5, 5.41) is 1.31. The summed E-state index contributed by atoms with van der Waals surface area (Å²) >= 11 is 6.04. The highest BCUT2D eigenvalue weighted by atomic mass is 35.5. The van der Waals surface area contributed by atoms with E-state index in [0.29, 0.717) is 28.6 Å². The number of H-pyrrole nitrogens is 1. The molecule has 1 aromatic heterocycles. The predicted octanol–water partition coefficient (Wildman–Crippen LogP) is 3.01. The molecule has 5 heteroatoms. The summed E-state index contributed by atoms with van der Waals surface area (Å²) in [4.78, 5) is 14.5. The summed E-state index contributed by atoms with van der Waals surface area (Å²) in [5.41, 5.74) is 1.04. The lowest BCUT2D eigenvalue weighted by Gasteiger charge is -2.01. The van der Waals surface area contributed by atoms with E-state index in [1.54, 1.807) is 32.2 Å². The average molecular weight is 254 g/mol. The second-order valence-corrected chi connectivity index (χ2v) is 3.85. The topological polar surface area (TPSA) is 51.3 Å². The second kappa shape index (κ2) is 4.67. The van der Waals surface area contributed by atoms with Crippen LogP contribution in [0.5, 0.6) is 5.75 Å². The van der Waals surface area contributed by atoms with Crippen LogP contribution in [0.2, 0.25) is 5.02 Å². The van der Waals surface area contributed by atoms with Crippen molar-refractivity contribution in [2.75, 3.05) is 13.7 Å². The number of hydrogen-bond donors (Lipinski definition) is 1. The Morgan fingerprint density at radius 1 is 1.47 bits per heavy atom. The number of fused-ring (bicyclic) bond motifs is 1. The third-order valence-corrected chi connectivity index (χ3v) is 2.73. The number of esters is 1. The van der Waals surface area contributed by atoms with Crippen molar-refractivity contribution in [3.63, 3.8) is 0 Å². The number of halogens is 1. The van der Waals surface area contributed by atoms with Crippen LogP contribution in [0, 0.1) is 0 Å². The van der Waals surface area contributed by atoms with Crippen molar-refractivity contribution in [1.82, 2.24) is 4.98 Å². The van der Waals surface area contributed by atoms with Crippen molar-refractivity contribution >= 4 is 28.5 Å². The van der Waals surface area contributed by atoms with E-state index in [9.17, 15) is 4.79 Å². The van der Waals surface area contributed by atoms with Crippen molar-refractivity contribution in [3.8, 4) is 5.75 Å². The number of aromatic amines is 1. The number of aromatic nitrogens is 1. The minimum absolute atomic E-state index is 0.332. The minimum atomic E-state index is -0.401. The van der Waals surface area contributed by atoms with E-state index in [2.05, 4.69) is 4.98 Å². The third-order valence-electron chi connectivity index (χ3n) is 2.42.